The summed E-state index contributed by atoms with van der Waals surface area (Å²) in [5, 5.41) is 0. The fraction of sp³-hybridized carbons (Fsp3) is 0.500. The van der Waals surface area contributed by atoms with Gasteiger partial charge in [0.25, 0.3) is 5.91 Å². The lowest BCUT2D eigenvalue weighted by molar-refractivity contribution is 0.0761. The number of carbonyl (C=O) groups is 1. The summed E-state index contributed by atoms with van der Waals surface area (Å²) in [6, 6.07) is 7.64. The van der Waals surface area contributed by atoms with Gasteiger partial charge in [0.1, 0.15) is 0 Å². The molecule has 0 saturated carbocycles. The van der Waals surface area contributed by atoms with E-state index >= 15 is 0 Å². The minimum absolute atomic E-state index is 0.0441. The van der Waals surface area contributed by atoms with E-state index in [1.807, 2.05) is 19.2 Å². The number of likely N-dealkylation sites (N-methyl/N-ethyl adjacent to an activating group) is 2. The summed E-state index contributed by atoms with van der Waals surface area (Å²) in [4.78, 5) is 16.4. The SMILES string of the molecule is CN(CC1CCCN1C)C(=O)c1cccc(N)c1. The zero-order valence-corrected chi connectivity index (χ0v) is 11.1. The monoisotopic (exact) mass is 247 g/mol. The van der Waals surface area contributed by atoms with E-state index in [-0.39, 0.29) is 5.91 Å². The molecule has 1 saturated heterocycles. The number of benzene rings is 1. The van der Waals surface area contributed by atoms with Gasteiger partial charge in [-0.3, -0.25) is 4.79 Å². The molecule has 98 valence electrons. The lowest BCUT2D eigenvalue weighted by Gasteiger charge is -2.26. The molecule has 1 aliphatic rings. The third-order valence-electron chi connectivity index (χ3n) is 3.64. The first-order chi connectivity index (χ1) is 8.58. The summed E-state index contributed by atoms with van der Waals surface area (Å²) in [6.45, 7) is 1.91. The van der Waals surface area contributed by atoms with Crippen molar-refractivity contribution in [2.45, 2.75) is 18.9 Å². The number of hydrogen-bond donors (Lipinski definition) is 1. The molecule has 18 heavy (non-hydrogen) atoms. The second-order valence-corrected chi connectivity index (χ2v) is 5.09. The predicted octanol–water partition coefficient (Wildman–Crippen LogP) is 1.43. The highest BCUT2D eigenvalue weighted by Gasteiger charge is 2.24. The topological polar surface area (TPSA) is 49.6 Å². The Labute approximate surface area is 108 Å². The Hall–Kier alpha value is -1.55. The van der Waals surface area contributed by atoms with Gasteiger partial charge in [-0.1, -0.05) is 6.07 Å². The molecule has 1 aromatic carbocycles. The average molecular weight is 247 g/mol. The van der Waals surface area contributed by atoms with Gasteiger partial charge in [-0.15, -0.1) is 0 Å². The second-order valence-electron chi connectivity index (χ2n) is 5.09. The summed E-state index contributed by atoms with van der Waals surface area (Å²) >= 11 is 0. The van der Waals surface area contributed by atoms with E-state index in [0.29, 0.717) is 17.3 Å². The second kappa shape index (κ2) is 5.40. The fourth-order valence-corrected chi connectivity index (χ4v) is 2.50. The van der Waals surface area contributed by atoms with Gasteiger partial charge in [-0.25, -0.2) is 0 Å². The van der Waals surface area contributed by atoms with E-state index in [2.05, 4.69) is 11.9 Å². The van der Waals surface area contributed by atoms with Crippen molar-refractivity contribution < 1.29 is 4.79 Å². The molecule has 4 heteroatoms. The van der Waals surface area contributed by atoms with Crippen molar-refractivity contribution in [3.8, 4) is 0 Å². The van der Waals surface area contributed by atoms with Gasteiger partial charge in [-0.2, -0.15) is 0 Å². The van der Waals surface area contributed by atoms with Crippen LogP contribution in [-0.4, -0.2) is 48.9 Å². The number of likely N-dealkylation sites (tertiary alicyclic amines) is 1. The molecule has 0 radical (unpaired) electrons. The van der Waals surface area contributed by atoms with Crippen molar-refractivity contribution in [2.24, 2.45) is 0 Å². The molecule has 1 aromatic rings. The van der Waals surface area contributed by atoms with Crippen LogP contribution in [0.25, 0.3) is 0 Å². The first kappa shape index (κ1) is 12.9. The van der Waals surface area contributed by atoms with Gasteiger partial charge in [-0.05, 0) is 44.6 Å². The van der Waals surface area contributed by atoms with E-state index in [0.717, 1.165) is 13.1 Å². The number of nitrogen functional groups attached to an aromatic ring is 1. The van der Waals surface area contributed by atoms with Crippen molar-refractivity contribution in [1.82, 2.24) is 9.80 Å². The van der Waals surface area contributed by atoms with E-state index in [1.54, 1.807) is 17.0 Å². The molecule has 4 nitrogen and oxygen atoms in total. The molecule has 1 atom stereocenters. The Morgan fingerprint density at radius 3 is 2.94 bits per heavy atom. The Morgan fingerprint density at radius 2 is 2.33 bits per heavy atom. The van der Waals surface area contributed by atoms with Crippen molar-refractivity contribution in [2.75, 3.05) is 32.9 Å². The van der Waals surface area contributed by atoms with Gasteiger partial charge < -0.3 is 15.5 Å². The Kier molecular flexibility index (Phi) is 3.87. The van der Waals surface area contributed by atoms with Crippen molar-refractivity contribution in [1.29, 1.82) is 0 Å². The smallest absolute Gasteiger partial charge is 0.253 e. The maximum atomic E-state index is 12.2. The summed E-state index contributed by atoms with van der Waals surface area (Å²) in [6.07, 6.45) is 2.40. The molecule has 2 rings (SSSR count). The Bertz CT molecular complexity index is 433. The van der Waals surface area contributed by atoms with Crippen LogP contribution in [0.3, 0.4) is 0 Å². The number of nitrogens with zero attached hydrogens (tertiary/aromatic N) is 2. The lowest BCUT2D eigenvalue weighted by atomic mass is 10.1. The molecule has 1 amide bonds. The van der Waals surface area contributed by atoms with E-state index < -0.39 is 0 Å². The maximum absolute atomic E-state index is 12.2. The van der Waals surface area contributed by atoms with Crippen LogP contribution >= 0.6 is 0 Å². The number of rotatable bonds is 3. The average Bonchev–Trinajstić information content (AvgIpc) is 2.74. The molecule has 0 spiro atoms. The fourth-order valence-electron chi connectivity index (χ4n) is 2.50. The van der Waals surface area contributed by atoms with Crippen molar-refractivity contribution in [3.63, 3.8) is 0 Å². The van der Waals surface area contributed by atoms with Crippen LogP contribution in [0.5, 0.6) is 0 Å². The maximum Gasteiger partial charge on any atom is 0.253 e. The number of amides is 1. The Balaban J connectivity index is 2.00. The first-order valence-electron chi connectivity index (χ1n) is 6.39. The number of carbonyl (C=O) groups excluding carboxylic acids is 1. The molecule has 2 N–H and O–H groups in total. The third kappa shape index (κ3) is 2.82. The van der Waals surface area contributed by atoms with Crippen molar-refractivity contribution in [3.05, 3.63) is 29.8 Å². The van der Waals surface area contributed by atoms with Crippen LogP contribution in [-0.2, 0) is 0 Å². The molecular weight excluding hydrogens is 226 g/mol. The van der Waals surface area contributed by atoms with Gasteiger partial charge in [0.05, 0.1) is 0 Å². The highest BCUT2D eigenvalue weighted by Crippen LogP contribution is 2.16. The summed E-state index contributed by atoms with van der Waals surface area (Å²) in [7, 11) is 3.98. The normalized spacial score (nSPS) is 20.0. The van der Waals surface area contributed by atoms with Crippen LogP contribution < -0.4 is 5.73 Å². The van der Waals surface area contributed by atoms with Crippen LogP contribution in [0.15, 0.2) is 24.3 Å². The first-order valence-corrected chi connectivity index (χ1v) is 6.39. The zero-order chi connectivity index (χ0) is 13.1. The van der Waals surface area contributed by atoms with Crippen LogP contribution in [0.4, 0.5) is 5.69 Å². The van der Waals surface area contributed by atoms with Gasteiger partial charge in [0.2, 0.25) is 0 Å². The molecule has 1 heterocycles. The molecule has 0 bridgehead atoms. The summed E-state index contributed by atoms with van der Waals surface area (Å²) < 4.78 is 0. The van der Waals surface area contributed by atoms with Gasteiger partial charge in [0.15, 0.2) is 0 Å². The predicted molar refractivity (Wildman–Crippen MR) is 73.5 cm³/mol. The highest BCUT2D eigenvalue weighted by atomic mass is 16.2. The van der Waals surface area contributed by atoms with Crippen LogP contribution in [0.2, 0.25) is 0 Å². The minimum Gasteiger partial charge on any atom is -0.399 e. The largest absolute Gasteiger partial charge is 0.399 e. The molecule has 0 aliphatic carbocycles. The van der Waals surface area contributed by atoms with E-state index in [9.17, 15) is 4.79 Å². The lowest BCUT2D eigenvalue weighted by Crippen LogP contribution is -2.39. The standard InChI is InChI=1S/C14H21N3O/c1-16-8-4-7-13(16)10-17(2)14(18)11-5-3-6-12(15)9-11/h3,5-6,9,13H,4,7-8,10,15H2,1-2H3. The molecular formula is C14H21N3O. The number of hydrogen-bond acceptors (Lipinski definition) is 3. The van der Waals surface area contributed by atoms with Crippen LogP contribution in [0, 0.1) is 0 Å². The van der Waals surface area contributed by atoms with Gasteiger partial charge >= 0.3 is 0 Å². The number of anilines is 1. The minimum atomic E-state index is 0.0441. The number of nitrogens with two attached hydrogens (primary N) is 1. The van der Waals surface area contributed by atoms with Gasteiger partial charge in [0, 0.05) is 30.9 Å². The van der Waals surface area contributed by atoms with Crippen LogP contribution in [0.1, 0.15) is 23.2 Å². The zero-order valence-electron chi connectivity index (χ0n) is 11.1. The molecule has 0 aromatic heterocycles. The van der Waals surface area contributed by atoms with E-state index in [4.69, 9.17) is 5.73 Å². The molecule has 1 unspecified atom stereocenters. The third-order valence-corrected chi connectivity index (χ3v) is 3.64. The van der Waals surface area contributed by atoms with E-state index in [1.165, 1.54) is 12.8 Å². The molecule has 1 aliphatic heterocycles. The highest BCUT2D eigenvalue weighted by molar-refractivity contribution is 5.94. The van der Waals surface area contributed by atoms with Crippen molar-refractivity contribution >= 4 is 11.6 Å². The Morgan fingerprint density at radius 1 is 1.56 bits per heavy atom. The summed E-state index contributed by atoms with van der Waals surface area (Å²) in [5.41, 5.74) is 7.00. The summed E-state index contributed by atoms with van der Waals surface area (Å²) in [5.74, 6) is 0.0441. The quantitative estimate of drug-likeness (QED) is 0.822. The molecule has 1 fully saturated rings.